The molecular formula is C18H24N4O4S. The van der Waals surface area contributed by atoms with Gasteiger partial charge in [-0.15, -0.1) is 0 Å². The molecule has 1 aromatic heterocycles. The molecule has 1 amide bonds. The number of aromatic nitrogens is 2. The maximum absolute atomic E-state index is 12.9. The number of H-pyrrole nitrogens is 1. The number of benzene rings is 1. The summed E-state index contributed by atoms with van der Waals surface area (Å²) < 4.78 is 32.5. The second kappa shape index (κ2) is 7.69. The van der Waals surface area contributed by atoms with E-state index in [9.17, 15) is 13.2 Å². The van der Waals surface area contributed by atoms with Gasteiger partial charge in [0.2, 0.25) is 10.0 Å². The van der Waals surface area contributed by atoms with Gasteiger partial charge in [-0.2, -0.15) is 9.40 Å². The highest BCUT2D eigenvalue weighted by Gasteiger charge is 2.33. The first-order chi connectivity index (χ1) is 12.8. The number of carbonyl (C=O) groups excluding carboxylic acids is 1. The summed E-state index contributed by atoms with van der Waals surface area (Å²) in [5.41, 5.74) is 1.48. The van der Waals surface area contributed by atoms with Crippen molar-refractivity contribution < 1.29 is 17.9 Å². The van der Waals surface area contributed by atoms with Gasteiger partial charge in [0.25, 0.3) is 5.91 Å². The number of sulfonamides is 1. The van der Waals surface area contributed by atoms with E-state index in [1.54, 1.807) is 38.1 Å². The predicted molar refractivity (Wildman–Crippen MR) is 100 cm³/mol. The Hall–Kier alpha value is -2.39. The Balaban J connectivity index is 1.65. The summed E-state index contributed by atoms with van der Waals surface area (Å²) >= 11 is 0. The second-order valence-electron chi connectivity index (χ2n) is 6.62. The highest BCUT2D eigenvalue weighted by molar-refractivity contribution is 7.89. The molecule has 1 aliphatic rings. The smallest absolute Gasteiger partial charge is 0.255 e. The molecular weight excluding hydrogens is 368 g/mol. The molecule has 9 heteroatoms. The maximum Gasteiger partial charge on any atom is 0.255 e. The number of para-hydroxylation sites is 1. The van der Waals surface area contributed by atoms with Crippen molar-refractivity contribution in [2.24, 2.45) is 0 Å². The molecule has 1 saturated heterocycles. The normalized spacial score (nSPS) is 16.3. The number of nitrogens with zero attached hydrogens (tertiary/aromatic N) is 2. The van der Waals surface area contributed by atoms with Gasteiger partial charge in [-0.25, -0.2) is 8.42 Å². The van der Waals surface area contributed by atoms with Crippen LogP contribution in [0.25, 0.3) is 0 Å². The first kappa shape index (κ1) is 19.4. The van der Waals surface area contributed by atoms with Crippen LogP contribution in [-0.4, -0.2) is 55.1 Å². The third-order valence-electron chi connectivity index (χ3n) is 4.80. The van der Waals surface area contributed by atoms with E-state index in [1.165, 1.54) is 11.4 Å². The third-order valence-corrected chi connectivity index (χ3v) is 6.96. The van der Waals surface area contributed by atoms with Crippen molar-refractivity contribution in [3.8, 4) is 5.75 Å². The summed E-state index contributed by atoms with van der Waals surface area (Å²) in [6.45, 7) is 4.08. The number of rotatable bonds is 5. The minimum atomic E-state index is -3.59. The number of nitrogens with one attached hydrogen (secondary N) is 2. The average molecular weight is 392 g/mol. The van der Waals surface area contributed by atoms with Crippen LogP contribution in [0.15, 0.2) is 29.2 Å². The van der Waals surface area contributed by atoms with Crippen LogP contribution >= 0.6 is 0 Å². The van der Waals surface area contributed by atoms with Crippen LogP contribution in [0.4, 0.5) is 0 Å². The van der Waals surface area contributed by atoms with E-state index >= 15 is 0 Å². The molecule has 3 rings (SSSR count). The van der Waals surface area contributed by atoms with E-state index in [2.05, 4.69) is 15.5 Å². The largest absolute Gasteiger partial charge is 0.496 e. The minimum Gasteiger partial charge on any atom is -0.496 e. The lowest BCUT2D eigenvalue weighted by molar-refractivity contribution is 0.0921. The molecule has 2 aromatic rings. The first-order valence-electron chi connectivity index (χ1n) is 8.80. The Morgan fingerprint density at radius 2 is 1.93 bits per heavy atom. The molecule has 0 aliphatic carbocycles. The average Bonchev–Trinajstić information content (AvgIpc) is 3.01. The Morgan fingerprint density at radius 1 is 1.26 bits per heavy atom. The van der Waals surface area contributed by atoms with Crippen molar-refractivity contribution in [1.29, 1.82) is 0 Å². The van der Waals surface area contributed by atoms with Crippen molar-refractivity contribution >= 4 is 15.9 Å². The lowest BCUT2D eigenvalue weighted by Crippen LogP contribution is -2.46. The van der Waals surface area contributed by atoms with Gasteiger partial charge in [0.15, 0.2) is 0 Å². The van der Waals surface area contributed by atoms with Crippen LogP contribution in [0.2, 0.25) is 0 Å². The molecule has 0 saturated carbocycles. The zero-order valence-electron chi connectivity index (χ0n) is 15.7. The minimum absolute atomic E-state index is 0.0830. The van der Waals surface area contributed by atoms with Gasteiger partial charge in [-0.1, -0.05) is 12.1 Å². The first-order valence-corrected chi connectivity index (χ1v) is 10.2. The van der Waals surface area contributed by atoms with Crippen LogP contribution in [0.3, 0.4) is 0 Å². The van der Waals surface area contributed by atoms with Gasteiger partial charge >= 0.3 is 0 Å². The molecule has 2 heterocycles. The SMILES string of the molecule is COc1ccccc1C(=O)NC1CCN(S(=O)(=O)c2c(C)n[nH]c2C)CC1. The molecule has 27 heavy (non-hydrogen) atoms. The molecule has 0 unspecified atom stereocenters. The summed E-state index contributed by atoms with van der Waals surface area (Å²) in [5.74, 6) is 0.302. The number of carbonyl (C=O) groups is 1. The van der Waals surface area contributed by atoms with Crippen molar-refractivity contribution in [1.82, 2.24) is 19.8 Å². The van der Waals surface area contributed by atoms with Crippen molar-refractivity contribution in [2.75, 3.05) is 20.2 Å². The van der Waals surface area contributed by atoms with Crippen LogP contribution in [0.5, 0.6) is 5.75 Å². The summed E-state index contributed by atoms with van der Waals surface area (Å²) in [6, 6.07) is 6.94. The van der Waals surface area contributed by atoms with E-state index in [4.69, 9.17) is 4.74 Å². The number of piperidine rings is 1. The monoisotopic (exact) mass is 392 g/mol. The van der Waals surface area contributed by atoms with E-state index < -0.39 is 10.0 Å². The van der Waals surface area contributed by atoms with Gasteiger partial charge in [0.1, 0.15) is 10.6 Å². The molecule has 0 spiro atoms. The summed E-state index contributed by atoms with van der Waals surface area (Å²) in [5, 5.41) is 9.68. The quantitative estimate of drug-likeness (QED) is 0.805. The van der Waals surface area contributed by atoms with E-state index in [0.29, 0.717) is 48.6 Å². The number of amides is 1. The maximum atomic E-state index is 12.9. The molecule has 1 aromatic carbocycles. The highest BCUT2D eigenvalue weighted by atomic mass is 32.2. The fourth-order valence-electron chi connectivity index (χ4n) is 3.39. The number of aromatic amines is 1. The number of ether oxygens (including phenoxy) is 1. The number of hydrogen-bond donors (Lipinski definition) is 2. The number of methoxy groups -OCH3 is 1. The zero-order chi connectivity index (χ0) is 19.6. The summed E-state index contributed by atoms with van der Waals surface area (Å²) in [7, 11) is -2.06. The fraction of sp³-hybridized carbons (Fsp3) is 0.444. The summed E-state index contributed by atoms with van der Waals surface area (Å²) in [4.78, 5) is 12.8. The Morgan fingerprint density at radius 3 is 2.52 bits per heavy atom. The molecule has 1 fully saturated rings. The van der Waals surface area contributed by atoms with Crippen LogP contribution in [-0.2, 0) is 10.0 Å². The van der Waals surface area contributed by atoms with Crippen molar-refractivity contribution in [2.45, 2.75) is 37.6 Å². The molecule has 146 valence electrons. The topological polar surface area (TPSA) is 104 Å². The van der Waals surface area contributed by atoms with Gasteiger partial charge in [-0.3, -0.25) is 9.89 Å². The fourth-order valence-corrected chi connectivity index (χ4v) is 5.19. The van der Waals surface area contributed by atoms with Crippen LogP contribution in [0, 0.1) is 13.8 Å². The van der Waals surface area contributed by atoms with Crippen molar-refractivity contribution in [3.63, 3.8) is 0 Å². The van der Waals surface area contributed by atoms with Gasteiger partial charge in [0, 0.05) is 19.1 Å². The molecule has 0 bridgehead atoms. The van der Waals surface area contributed by atoms with E-state index in [0.717, 1.165) is 0 Å². The summed E-state index contributed by atoms with van der Waals surface area (Å²) in [6.07, 6.45) is 1.10. The Bertz CT molecular complexity index is 911. The van der Waals surface area contributed by atoms with Gasteiger partial charge < -0.3 is 10.1 Å². The molecule has 8 nitrogen and oxygen atoms in total. The molecule has 0 radical (unpaired) electrons. The number of hydrogen-bond acceptors (Lipinski definition) is 5. The molecule has 0 atom stereocenters. The Kier molecular flexibility index (Phi) is 5.52. The lowest BCUT2D eigenvalue weighted by atomic mass is 10.1. The second-order valence-corrected chi connectivity index (χ2v) is 8.49. The van der Waals surface area contributed by atoms with Crippen LogP contribution < -0.4 is 10.1 Å². The van der Waals surface area contributed by atoms with E-state index in [-0.39, 0.29) is 16.8 Å². The van der Waals surface area contributed by atoms with Crippen LogP contribution in [0.1, 0.15) is 34.6 Å². The molecule has 1 aliphatic heterocycles. The lowest BCUT2D eigenvalue weighted by Gasteiger charge is -2.31. The highest BCUT2D eigenvalue weighted by Crippen LogP contribution is 2.25. The predicted octanol–water partition coefficient (Wildman–Crippen LogP) is 1.62. The third kappa shape index (κ3) is 3.84. The van der Waals surface area contributed by atoms with Gasteiger partial charge in [-0.05, 0) is 38.8 Å². The van der Waals surface area contributed by atoms with Gasteiger partial charge in [0.05, 0.1) is 24.1 Å². The molecule has 2 N–H and O–H groups in total. The Labute approximate surface area is 159 Å². The van der Waals surface area contributed by atoms with E-state index in [1.807, 2.05) is 0 Å². The zero-order valence-corrected chi connectivity index (χ0v) is 16.5. The van der Waals surface area contributed by atoms with Crippen molar-refractivity contribution in [3.05, 3.63) is 41.2 Å². The standard InChI is InChI=1S/C18H24N4O4S/c1-12-17(13(2)21-20-12)27(24,25)22-10-8-14(9-11-22)19-18(23)15-6-4-5-7-16(15)26-3/h4-7,14H,8-11H2,1-3H3,(H,19,23)(H,20,21). The number of aryl methyl sites for hydroxylation is 2.